The first-order chi connectivity index (χ1) is 70.0. The van der Waals surface area contributed by atoms with Crippen LogP contribution in [0, 0.1) is 0 Å². The number of rotatable bonds is 11. The van der Waals surface area contributed by atoms with Gasteiger partial charge >= 0.3 is 0 Å². The highest BCUT2D eigenvalue weighted by atomic mass is 15.2. The summed E-state index contributed by atoms with van der Waals surface area (Å²) in [5.41, 5.74) is 52.9. The summed E-state index contributed by atoms with van der Waals surface area (Å²) in [6.07, 6.45) is 0. The third-order valence-corrected chi connectivity index (χ3v) is 32.7. The van der Waals surface area contributed by atoms with E-state index >= 15 is 0 Å². The fraction of sp³-hybridized carbons (Fsp3) is 0.130. The molecule has 0 saturated carbocycles. The van der Waals surface area contributed by atoms with E-state index < -0.39 is 10.8 Å². The van der Waals surface area contributed by atoms with Crippen LogP contribution in [0.3, 0.4) is 0 Å². The lowest BCUT2D eigenvalue weighted by molar-refractivity contribution is 0.568. The van der Waals surface area contributed by atoms with Gasteiger partial charge in [-0.15, -0.1) is 0 Å². The molecule has 0 unspecified atom stereocenters. The Morgan fingerprint density at radius 2 is 0.472 bits per heavy atom. The Hall–Kier alpha value is -16.3. The maximum absolute atomic E-state index is 2.79. The molecule has 0 atom stereocenters. The number of nitrogens with zero attached hydrogens (tertiary/aromatic N) is 4. The molecular weight excluding hydrogens is 1740 g/mol. The summed E-state index contributed by atoms with van der Waals surface area (Å²) in [7, 11) is 0. The SMILES string of the molecule is CC(C)(C)c1cc(N2c3cc4c(cc3B3c5ccccc5N(c5ccc(C(C)(C)C)cc5-c5ccccc5)c5cc(-c6cccc7c6C6(c8ccccc8-c8ccccc86)c6ccccc6-7)cc2c53)B2c3ccccc3N(c3ccc(C(C)(C)C)cc3-c3ccccc3)c3cc(-c5cccc6c5C(c5ccccc5)(c5ccccc5)c5ccccc5-6)cc(c32)N4c2ccccc2-c2ccccc2)cc(C(C)(C)C)c1. The molecule has 0 fully saturated rings. The Morgan fingerprint density at radius 1 is 0.174 bits per heavy atom. The van der Waals surface area contributed by atoms with E-state index in [1.54, 1.807) is 0 Å². The maximum Gasteiger partial charge on any atom is 0.252 e. The second-order valence-corrected chi connectivity index (χ2v) is 44.9. The molecule has 0 N–H and O–H groups in total. The van der Waals surface area contributed by atoms with Gasteiger partial charge in [-0.3, -0.25) is 0 Å². The molecule has 7 aliphatic rings. The number of hydrogen-bond donors (Lipinski definition) is 0. The van der Waals surface area contributed by atoms with Gasteiger partial charge < -0.3 is 19.6 Å². The van der Waals surface area contributed by atoms with Crippen LogP contribution in [-0.2, 0) is 32.5 Å². The van der Waals surface area contributed by atoms with Gasteiger partial charge in [-0.1, -0.05) is 447 Å². The topological polar surface area (TPSA) is 13.0 Å². The van der Waals surface area contributed by atoms with Crippen LogP contribution in [0.4, 0.5) is 68.2 Å². The van der Waals surface area contributed by atoms with Crippen LogP contribution < -0.4 is 52.4 Å². The summed E-state index contributed by atoms with van der Waals surface area (Å²) in [6.45, 7) is 27.9. The molecule has 0 aromatic heterocycles. The molecule has 4 heterocycles. The molecule has 3 aliphatic carbocycles. The van der Waals surface area contributed by atoms with Crippen LogP contribution in [0.2, 0.25) is 0 Å². The number of benzene rings is 20. The minimum absolute atomic E-state index is 0.169. The highest BCUT2D eigenvalue weighted by Crippen LogP contribution is 2.67. The number of fused-ring (bicyclic) bond motifs is 21. The molecule has 0 amide bonds. The third kappa shape index (κ3) is 12.8. The van der Waals surface area contributed by atoms with Gasteiger partial charge in [-0.05, 0) is 278 Å². The Labute approximate surface area is 848 Å². The molecule has 6 heteroatoms. The molecule has 27 rings (SSSR count). The van der Waals surface area contributed by atoms with Gasteiger partial charge in [0.15, 0.2) is 0 Å². The molecule has 4 aliphatic heterocycles. The van der Waals surface area contributed by atoms with Crippen LogP contribution >= 0.6 is 0 Å². The Morgan fingerprint density at radius 3 is 0.882 bits per heavy atom. The first-order valence-corrected chi connectivity index (χ1v) is 51.4. The van der Waals surface area contributed by atoms with Crippen molar-refractivity contribution in [3.05, 3.63) is 516 Å². The van der Waals surface area contributed by atoms with Crippen molar-refractivity contribution >= 4 is 114 Å². The summed E-state index contributed by atoms with van der Waals surface area (Å²) in [5.74, 6) is 0. The molecule has 1 spiro atoms. The molecular formula is C138H110B2N4. The monoisotopic (exact) mass is 1840 g/mol. The van der Waals surface area contributed by atoms with Crippen LogP contribution in [0.25, 0.3) is 89.0 Å². The van der Waals surface area contributed by atoms with Crippen LogP contribution in [-0.4, -0.2) is 13.4 Å². The first kappa shape index (κ1) is 86.8. The van der Waals surface area contributed by atoms with Crippen molar-refractivity contribution in [3.63, 3.8) is 0 Å². The molecule has 4 nitrogen and oxygen atoms in total. The zero-order valence-corrected chi connectivity index (χ0v) is 83.7. The van der Waals surface area contributed by atoms with Gasteiger partial charge in [-0.25, -0.2) is 0 Å². The highest BCUT2D eigenvalue weighted by molar-refractivity contribution is 7.03. The lowest BCUT2D eigenvalue weighted by Crippen LogP contribution is -2.65. The van der Waals surface area contributed by atoms with Gasteiger partial charge in [0.2, 0.25) is 0 Å². The highest BCUT2D eigenvalue weighted by Gasteiger charge is 2.56. The zero-order valence-electron chi connectivity index (χ0n) is 83.7. The summed E-state index contributed by atoms with van der Waals surface area (Å²) < 4.78 is 0. The van der Waals surface area contributed by atoms with E-state index in [0.29, 0.717) is 0 Å². The van der Waals surface area contributed by atoms with Crippen LogP contribution in [0.1, 0.15) is 150 Å². The van der Waals surface area contributed by atoms with E-state index in [1.165, 1.54) is 155 Å². The van der Waals surface area contributed by atoms with Gasteiger partial charge in [0.05, 0.1) is 27.9 Å². The largest absolute Gasteiger partial charge is 0.311 e. The normalized spacial score (nSPS) is 14.3. The fourth-order valence-corrected chi connectivity index (χ4v) is 26.1. The fourth-order valence-electron chi connectivity index (χ4n) is 26.1. The second kappa shape index (κ2) is 32.1. The molecule has 144 heavy (non-hydrogen) atoms. The van der Waals surface area contributed by atoms with Crippen molar-refractivity contribution in [2.75, 3.05) is 19.6 Å². The van der Waals surface area contributed by atoms with E-state index in [9.17, 15) is 0 Å². The maximum atomic E-state index is 2.79. The van der Waals surface area contributed by atoms with E-state index in [1.807, 2.05) is 0 Å². The van der Waals surface area contributed by atoms with Crippen LogP contribution in [0.15, 0.2) is 449 Å². The number of hydrogen-bond acceptors (Lipinski definition) is 4. The molecule has 0 radical (unpaired) electrons. The Bertz CT molecular complexity index is 8570. The summed E-state index contributed by atoms with van der Waals surface area (Å²) in [6, 6.07) is 175. The molecule has 688 valence electrons. The van der Waals surface area contributed by atoms with Gasteiger partial charge in [0.1, 0.15) is 0 Å². The minimum atomic E-state index is -0.756. The minimum Gasteiger partial charge on any atom is -0.311 e. The third-order valence-electron chi connectivity index (χ3n) is 32.7. The van der Waals surface area contributed by atoms with Crippen molar-refractivity contribution in [1.82, 2.24) is 0 Å². The average molecular weight is 1850 g/mol. The smallest absolute Gasteiger partial charge is 0.252 e. The summed E-state index contributed by atoms with van der Waals surface area (Å²) >= 11 is 0. The van der Waals surface area contributed by atoms with Crippen molar-refractivity contribution in [1.29, 1.82) is 0 Å². The Balaban J connectivity index is 0.813. The van der Waals surface area contributed by atoms with Crippen molar-refractivity contribution in [2.24, 2.45) is 0 Å². The zero-order chi connectivity index (χ0) is 97.3. The standard InChI is InChI=1S/C138H110B2N4/c1-133(2,3)94-72-74-119(108(83-94)88-46-20-14-21-47-88)142-121-70-40-37-67-114(121)139-116-85-117-124(86-123(116)141(98-81-96(135(7,8)9)80-97(82-98)136(10,11)12)125-76-90(77-126(142)131(125)139)101-60-43-62-107-105-58-31-36-66-113(105)138(130(101)107)111-64-34-28-55-102(111)103-56-29-35-65-112(103)138)144(118-69-39-32-54-99(118)87-44-18-13-19-45-87)128-79-91(100-59-42-61-106-104-57-30-33-63-110(104)137(129(100)106,92-50-24-16-25-51-92)93-52-26-17-27-53-93)78-127-132(128)140(117)115-68-38-41-71-122(115)143(127)120-75-73-95(134(4,5)6)84-109(120)89-48-22-15-23-49-89/h13-86H,1-12H3. The first-order valence-electron chi connectivity index (χ1n) is 51.4. The van der Waals surface area contributed by atoms with Crippen LogP contribution in [0.5, 0.6) is 0 Å². The van der Waals surface area contributed by atoms with E-state index in [-0.39, 0.29) is 35.1 Å². The summed E-state index contributed by atoms with van der Waals surface area (Å²) in [4.78, 5) is 11.0. The van der Waals surface area contributed by atoms with E-state index in [4.69, 9.17) is 0 Å². The predicted octanol–water partition coefficient (Wildman–Crippen LogP) is 32.1. The van der Waals surface area contributed by atoms with Crippen molar-refractivity contribution < 1.29 is 0 Å². The lowest BCUT2D eigenvalue weighted by atomic mass is 9.30. The van der Waals surface area contributed by atoms with Gasteiger partial charge in [0.25, 0.3) is 13.4 Å². The second-order valence-electron chi connectivity index (χ2n) is 44.9. The molecule has 0 bridgehead atoms. The average Bonchev–Trinajstić information content (AvgIpc) is 1.35. The number of anilines is 12. The van der Waals surface area contributed by atoms with E-state index in [0.717, 1.165) is 102 Å². The lowest BCUT2D eigenvalue weighted by Gasteiger charge is -2.48. The summed E-state index contributed by atoms with van der Waals surface area (Å²) in [5, 5.41) is 0. The quantitative estimate of drug-likeness (QED) is 0.120. The van der Waals surface area contributed by atoms with Gasteiger partial charge in [0, 0.05) is 67.9 Å². The number of para-hydroxylation sites is 3. The molecule has 0 saturated heterocycles. The van der Waals surface area contributed by atoms with Gasteiger partial charge in [-0.2, -0.15) is 0 Å². The van der Waals surface area contributed by atoms with E-state index in [2.05, 4.69) is 552 Å². The molecule has 20 aromatic carbocycles. The predicted molar refractivity (Wildman–Crippen MR) is 610 cm³/mol. The molecule has 20 aromatic rings. The van der Waals surface area contributed by atoms with Crippen molar-refractivity contribution in [2.45, 2.75) is 116 Å². The Kier molecular flexibility index (Phi) is 19.4. The van der Waals surface area contributed by atoms with Crippen molar-refractivity contribution in [3.8, 4) is 89.0 Å².